The van der Waals surface area contributed by atoms with Crippen LogP contribution in [0.25, 0.3) is 22.2 Å². The molecule has 1 aromatic heterocycles. The molecule has 4 nitrogen and oxygen atoms in total. The normalized spacial score (nSPS) is 12.8. The zero-order valence-corrected chi connectivity index (χ0v) is 14.6. The van der Waals surface area contributed by atoms with Crippen LogP contribution < -0.4 is 0 Å². The summed E-state index contributed by atoms with van der Waals surface area (Å²) in [7, 11) is 1.41. The van der Waals surface area contributed by atoms with Crippen molar-refractivity contribution in [2.24, 2.45) is 0 Å². The SMILES string of the molecule is COC(=O)c1cc(C)c2c(c1)CCn1nc3c(C)cc(Cl)cc3c1-2. The molecule has 0 spiro atoms. The Labute approximate surface area is 145 Å². The van der Waals surface area contributed by atoms with Crippen molar-refractivity contribution in [1.82, 2.24) is 9.78 Å². The molecule has 5 heteroatoms. The van der Waals surface area contributed by atoms with E-state index in [-0.39, 0.29) is 5.97 Å². The molecule has 0 saturated carbocycles. The summed E-state index contributed by atoms with van der Waals surface area (Å²) < 4.78 is 6.92. The van der Waals surface area contributed by atoms with Gasteiger partial charge in [-0.15, -0.1) is 0 Å². The lowest BCUT2D eigenvalue weighted by molar-refractivity contribution is 0.0600. The Balaban J connectivity index is 2.03. The van der Waals surface area contributed by atoms with Gasteiger partial charge in [0.25, 0.3) is 0 Å². The van der Waals surface area contributed by atoms with Crippen molar-refractivity contribution >= 4 is 28.5 Å². The smallest absolute Gasteiger partial charge is 0.337 e. The molecule has 0 bridgehead atoms. The van der Waals surface area contributed by atoms with Gasteiger partial charge in [-0.3, -0.25) is 4.68 Å². The standard InChI is InChI=1S/C19H17ClN2O2/c1-10-6-13(19(23)24-3)8-12-4-5-22-18(16(10)12)15-9-14(20)7-11(2)17(15)21-22/h6-9H,4-5H2,1-3H3. The van der Waals surface area contributed by atoms with Crippen LogP contribution in [-0.4, -0.2) is 22.9 Å². The zero-order chi connectivity index (χ0) is 17.0. The minimum atomic E-state index is -0.302. The first kappa shape index (κ1) is 15.2. The van der Waals surface area contributed by atoms with Crippen LogP contribution >= 0.6 is 11.6 Å². The number of rotatable bonds is 1. The summed E-state index contributed by atoms with van der Waals surface area (Å²) in [4.78, 5) is 11.9. The molecule has 0 N–H and O–H groups in total. The first-order valence-electron chi connectivity index (χ1n) is 7.88. The number of halogens is 1. The molecular formula is C19H17ClN2O2. The minimum absolute atomic E-state index is 0.302. The molecule has 4 rings (SSSR count). The van der Waals surface area contributed by atoms with Gasteiger partial charge in [-0.25, -0.2) is 4.79 Å². The van der Waals surface area contributed by atoms with Crippen LogP contribution in [0.5, 0.6) is 0 Å². The molecule has 24 heavy (non-hydrogen) atoms. The van der Waals surface area contributed by atoms with Gasteiger partial charge in [-0.05, 0) is 61.2 Å². The van der Waals surface area contributed by atoms with E-state index in [9.17, 15) is 4.79 Å². The van der Waals surface area contributed by atoms with Crippen LogP contribution in [0, 0.1) is 13.8 Å². The van der Waals surface area contributed by atoms with Gasteiger partial charge in [-0.2, -0.15) is 5.10 Å². The second kappa shape index (κ2) is 5.35. The lowest BCUT2D eigenvalue weighted by Gasteiger charge is -2.21. The minimum Gasteiger partial charge on any atom is -0.465 e. The summed E-state index contributed by atoms with van der Waals surface area (Å²) in [5, 5.41) is 6.55. The molecule has 0 radical (unpaired) electrons. The van der Waals surface area contributed by atoms with Crippen LogP contribution in [0.15, 0.2) is 24.3 Å². The molecule has 0 fully saturated rings. The van der Waals surface area contributed by atoms with Crippen molar-refractivity contribution in [3.05, 3.63) is 51.5 Å². The number of ether oxygens (including phenoxy) is 1. The summed E-state index contributed by atoms with van der Waals surface area (Å²) in [6.45, 7) is 4.84. The molecular weight excluding hydrogens is 324 g/mol. The highest BCUT2D eigenvalue weighted by molar-refractivity contribution is 6.31. The predicted molar refractivity (Wildman–Crippen MR) is 94.7 cm³/mol. The van der Waals surface area contributed by atoms with Gasteiger partial charge in [0.15, 0.2) is 0 Å². The number of hydrogen-bond donors (Lipinski definition) is 0. The molecule has 0 atom stereocenters. The van der Waals surface area contributed by atoms with Gasteiger partial charge in [0.1, 0.15) is 0 Å². The molecule has 2 aromatic carbocycles. The Morgan fingerprint density at radius 1 is 1.21 bits per heavy atom. The van der Waals surface area contributed by atoms with Gasteiger partial charge in [-0.1, -0.05) is 11.6 Å². The highest BCUT2D eigenvalue weighted by Crippen LogP contribution is 2.39. The number of benzene rings is 2. The number of aryl methyl sites for hydroxylation is 4. The third-order valence-corrected chi connectivity index (χ3v) is 4.89. The zero-order valence-electron chi connectivity index (χ0n) is 13.8. The maximum Gasteiger partial charge on any atom is 0.337 e. The van der Waals surface area contributed by atoms with E-state index in [4.69, 9.17) is 21.4 Å². The van der Waals surface area contributed by atoms with Crippen molar-refractivity contribution in [3.63, 3.8) is 0 Å². The van der Waals surface area contributed by atoms with Crippen molar-refractivity contribution in [3.8, 4) is 11.3 Å². The van der Waals surface area contributed by atoms with E-state index in [0.717, 1.165) is 51.8 Å². The molecule has 1 aliphatic heterocycles. The van der Waals surface area contributed by atoms with Gasteiger partial charge in [0.05, 0.1) is 23.9 Å². The maximum absolute atomic E-state index is 11.9. The first-order chi connectivity index (χ1) is 11.5. The number of hydrogen-bond acceptors (Lipinski definition) is 3. The Morgan fingerprint density at radius 2 is 2.00 bits per heavy atom. The number of methoxy groups -OCH3 is 1. The monoisotopic (exact) mass is 340 g/mol. The third kappa shape index (κ3) is 2.13. The van der Waals surface area contributed by atoms with E-state index in [1.165, 1.54) is 7.11 Å². The fourth-order valence-corrected chi connectivity index (χ4v) is 3.92. The largest absolute Gasteiger partial charge is 0.465 e. The van der Waals surface area contributed by atoms with E-state index in [1.54, 1.807) is 0 Å². The summed E-state index contributed by atoms with van der Waals surface area (Å²) in [6.07, 6.45) is 0.842. The molecule has 3 aromatic rings. The Morgan fingerprint density at radius 3 is 2.75 bits per heavy atom. The Hall–Kier alpha value is -2.33. The molecule has 122 valence electrons. The molecule has 0 aliphatic carbocycles. The number of carbonyl (C=O) groups is 1. The second-order valence-corrected chi connectivity index (χ2v) is 6.70. The Kier molecular flexibility index (Phi) is 3.39. The van der Waals surface area contributed by atoms with Crippen LogP contribution in [0.4, 0.5) is 0 Å². The highest BCUT2D eigenvalue weighted by atomic mass is 35.5. The fraction of sp³-hybridized carbons (Fsp3) is 0.263. The first-order valence-corrected chi connectivity index (χ1v) is 8.26. The van der Waals surface area contributed by atoms with Gasteiger partial charge in [0, 0.05) is 22.5 Å². The predicted octanol–water partition coefficient (Wildman–Crippen LogP) is 4.32. The quantitative estimate of drug-likeness (QED) is 0.620. The molecule has 1 aliphatic rings. The summed E-state index contributed by atoms with van der Waals surface area (Å²) in [5.74, 6) is -0.302. The highest BCUT2D eigenvalue weighted by Gasteiger charge is 2.25. The Bertz CT molecular complexity index is 1000. The average Bonchev–Trinajstić information content (AvgIpc) is 2.92. The fourth-order valence-electron chi connectivity index (χ4n) is 3.64. The lowest BCUT2D eigenvalue weighted by Crippen LogP contribution is -2.14. The second-order valence-electron chi connectivity index (χ2n) is 6.26. The third-order valence-electron chi connectivity index (χ3n) is 4.67. The van der Waals surface area contributed by atoms with Gasteiger partial charge in [0.2, 0.25) is 0 Å². The lowest BCUT2D eigenvalue weighted by atomic mass is 9.90. The number of carbonyl (C=O) groups excluding carboxylic acids is 1. The van der Waals surface area contributed by atoms with Gasteiger partial charge >= 0.3 is 5.97 Å². The van der Waals surface area contributed by atoms with Crippen LogP contribution in [0.2, 0.25) is 5.02 Å². The summed E-state index contributed by atoms with van der Waals surface area (Å²) in [6, 6.07) is 7.74. The summed E-state index contributed by atoms with van der Waals surface area (Å²) in [5.41, 5.74) is 7.10. The van der Waals surface area contributed by atoms with Crippen molar-refractivity contribution in [1.29, 1.82) is 0 Å². The van der Waals surface area contributed by atoms with Crippen LogP contribution in [-0.2, 0) is 17.7 Å². The number of fused-ring (bicyclic) bond motifs is 5. The van der Waals surface area contributed by atoms with Gasteiger partial charge < -0.3 is 4.74 Å². The van der Waals surface area contributed by atoms with Crippen LogP contribution in [0.3, 0.4) is 0 Å². The molecule has 0 saturated heterocycles. The van der Waals surface area contributed by atoms with E-state index >= 15 is 0 Å². The topological polar surface area (TPSA) is 44.1 Å². The summed E-state index contributed by atoms with van der Waals surface area (Å²) >= 11 is 6.28. The van der Waals surface area contributed by atoms with Crippen molar-refractivity contribution in [2.45, 2.75) is 26.8 Å². The average molecular weight is 341 g/mol. The van der Waals surface area contributed by atoms with E-state index in [2.05, 4.69) is 4.68 Å². The number of nitrogens with zero attached hydrogens (tertiary/aromatic N) is 2. The maximum atomic E-state index is 11.9. The van der Waals surface area contributed by atoms with E-state index in [0.29, 0.717) is 10.6 Å². The van der Waals surface area contributed by atoms with Crippen molar-refractivity contribution < 1.29 is 9.53 Å². The van der Waals surface area contributed by atoms with E-state index in [1.807, 2.05) is 38.1 Å². The number of aromatic nitrogens is 2. The molecule has 0 unspecified atom stereocenters. The molecule has 0 amide bonds. The number of esters is 1. The molecule has 2 heterocycles. The van der Waals surface area contributed by atoms with Crippen molar-refractivity contribution in [2.75, 3.05) is 7.11 Å². The van der Waals surface area contributed by atoms with E-state index < -0.39 is 0 Å². The van der Waals surface area contributed by atoms with Crippen LogP contribution in [0.1, 0.15) is 27.0 Å².